The van der Waals surface area contributed by atoms with Crippen LogP contribution >= 0.6 is 0 Å². The highest BCUT2D eigenvalue weighted by molar-refractivity contribution is 5.74. The smallest absolute Gasteiger partial charge is 0.315 e. The monoisotopic (exact) mass is 336 g/mol. The zero-order chi connectivity index (χ0) is 17.2. The molecule has 0 aromatic heterocycles. The van der Waals surface area contributed by atoms with Crippen molar-refractivity contribution in [3.8, 4) is 0 Å². The number of amides is 2. The second kappa shape index (κ2) is 7.07. The zero-order valence-corrected chi connectivity index (χ0v) is 14.2. The number of rotatable bonds is 6. The second-order valence-corrected chi connectivity index (χ2v) is 6.96. The molecule has 3 atom stereocenters. The Kier molecular flexibility index (Phi) is 5.06. The van der Waals surface area contributed by atoms with Gasteiger partial charge in [-0.25, -0.2) is 9.18 Å². The Bertz CT molecular complexity index is 589. The number of carbonyl (C=O) groups excluding carboxylic acids is 1. The molecule has 1 saturated heterocycles. The van der Waals surface area contributed by atoms with E-state index in [-0.39, 0.29) is 29.7 Å². The number of halogens is 1. The van der Waals surface area contributed by atoms with Crippen molar-refractivity contribution < 1.29 is 18.7 Å². The predicted molar refractivity (Wildman–Crippen MR) is 88.2 cm³/mol. The summed E-state index contributed by atoms with van der Waals surface area (Å²) >= 11 is 0. The molecule has 5 nitrogen and oxygen atoms in total. The van der Waals surface area contributed by atoms with Gasteiger partial charge in [0.05, 0.1) is 13.2 Å². The van der Waals surface area contributed by atoms with E-state index in [0.717, 1.165) is 12.8 Å². The number of urea groups is 1. The first kappa shape index (κ1) is 17.2. The Morgan fingerprint density at radius 2 is 2.08 bits per heavy atom. The average molecular weight is 336 g/mol. The van der Waals surface area contributed by atoms with Crippen molar-refractivity contribution >= 4 is 6.03 Å². The minimum absolute atomic E-state index is 0.0104. The lowest BCUT2D eigenvalue weighted by Crippen LogP contribution is -2.40. The van der Waals surface area contributed by atoms with E-state index >= 15 is 0 Å². The number of ether oxygens (including phenoxy) is 2. The minimum atomic E-state index is -0.538. The molecule has 1 saturated carbocycles. The molecule has 0 bridgehead atoms. The first-order valence-corrected chi connectivity index (χ1v) is 8.53. The zero-order valence-electron chi connectivity index (χ0n) is 14.2. The van der Waals surface area contributed by atoms with Crippen LogP contribution in [0.2, 0.25) is 0 Å². The standard InChI is InChI=1S/C18H25FN2O3/c1-12(10-18(2)23-7-8-24-18)11-20-17(22)21-16-9-14(16)13-5-3-4-6-15(13)19/h3-6,12,14,16H,7-11H2,1-2H3,(H2,20,21,22)/t12-,14+,16+/m0/s1. The summed E-state index contributed by atoms with van der Waals surface area (Å²) in [6.45, 7) is 5.77. The molecule has 132 valence electrons. The molecule has 2 aliphatic rings. The lowest BCUT2D eigenvalue weighted by atomic mass is 10.0. The summed E-state index contributed by atoms with van der Waals surface area (Å²) in [6, 6.07) is 6.55. The van der Waals surface area contributed by atoms with E-state index in [0.29, 0.717) is 25.3 Å². The average Bonchev–Trinajstić information content (AvgIpc) is 3.16. The van der Waals surface area contributed by atoms with Gasteiger partial charge in [0.25, 0.3) is 0 Å². The normalized spacial score (nSPS) is 26.0. The Labute approximate surface area is 141 Å². The van der Waals surface area contributed by atoms with Crippen LogP contribution < -0.4 is 10.6 Å². The van der Waals surface area contributed by atoms with Crippen LogP contribution in [-0.4, -0.2) is 37.6 Å². The van der Waals surface area contributed by atoms with Crippen molar-refractivity contribution in [2.45, 2.75) is 44.4 Å². The van der Waals surface area contributed by atoms with Crippen LogP contribution in [-0.2, 0) is 9.47 Å². The first-order valence-electron chi connectivity index (χ1n) is 8.53. The third-order valence-electron chi connectivity index (χ3n) is 4.64. The van der Waals surface area contributed by atoms with Crippen LogP contribution in [0, 0.1) is 11.7 Å². The van der Waals surface area contributed by atoms with Crippen molar-refractivity contribution in [1.29, 1.82) is 0 Å². The van der Waals surface area contributed by atoms with E-state index in [1.165, 1.54) is 6.07 Å². The number of carbonyl (C=O) groups is 1. The van der Waals surface area contributed by atoms with Gasteiger partial charge >= 0.3 is 6.03 Å². The van der Waals surface area contributed by atoms with Crippen molar-refractivity contribution in [2.24, 2.45) is 5.92 Å². The Morgan fingerprint density at radius 3 is 2.79 bits per heavy atom. The number of hydrogen-bond donors (Lipinski definition) is 2. The van der Waals surface area contributed by atoms with Crippen LogP contribution in [0.1, 0.15) is 38.2 Å². The van der Waals surface area contributed by atoms with Crippen molar-refractivity contribution in [1.82, 2.24) is 10.6 Å². The van der Waals surface area contributed by atoms with Crippen LogP contribution in [0.5, 0.6) is 0 Å². The molecule has 2 N–H and O–H groups in total. The number of hydrogen-bond acceptors (Lipinski definition) is 3. The minimum Gasteiger partial charge on any atom is -0.348 e. The molecule has 2 fully saturated rings. The summed E-state index contributed by atoms with van der Waals surface area (Å²) in [5.41, 5.74) is 0.680. The first-order chi connectivity index (χ1) is 11.5. The maximum Gasteiger partial charge on any atom is 0.315 e. The van der Waals surface area contributed by atoms with E-state index in [9.17, 15) is 9.18 Å². The fraction of sp³-hybridized carbons (Fsp3) is 0.611. The van der Waals surface area contributed by atoms with Gasteiger partial charge in [0, 0.05) is 24.9 Å². The maximum absolute atomic E-state index is 13.7. The van der Waals surface area contributed by atoms with Crippen LogP contribution in [0.25, 0.3) is 0 Å². The molecule has 3 rings (SSSR count). The molecule has 1 heterocycles. The van der Waals surface area contributed by atoms with E-state index < -0.39 is 5.79 Å². The van der Waals surface area contributed by atoms with Gasteiger partial charge in [-0.05, 0) is 30.9 Å². The van der Waals surface area contributed by atoms with E-state index in [2.05, 4.69) is 17.6 Å². The highest BCUT2D eigenvalue weighted by Gasteiger charge is 2.41. The molecule has 1 aliphatic heterocycles. The van der Waals surface area contributed by atoms with Gasteiger partial charge in [-0.15, -0.1) is 0 Å². The highest BCUT2D eigenvalue weighted by Crippen LogP contribution is 2.41. The summed E-state index contributed by atoms with van der Waals surface area (Å²) in [6.07, 6.45) is 1.51. The van der Waals surface area contributed by atoms with Crippen molar-refractivity contribution in [3.05, 3.63) is 35.6 Å². The SMILES string of the molecule is C[C@H](CNC(=O)N[C@@H]1C[C@@H]1c1ccccc1F)CC1(C)OCCO1. The molecular weight excluding hydrogens is 311 g/mol. The van der Waals surface area contributed by atoms with Gasteiger partial charge in [-0.1, -0.05) is 25.1 Å². The van der Waals surface area contributed by atoms with E-state index in [4.69, 9.17) is 9.47 Å². The lowest BCUT2D eigenvalue weighted by Gasteiger charge is -2.26. The van der Waals surface area contributed by atoms with Crippen molar-refractivity contribution in [3.63, 3.8) is 0 Å². The molecule has 1 aliphatic carbocycles. The summed E-state index contributed by atoms with van der Waals surface area (Å²) in [7, 11) is 0. The maximum atomic E-state index is 13.7. The van der Waals surface area contributed by atoms with Gasteiger partial charge in [0.1, 0.15) is 5.82 Å². The predicted octanol–water partition coefficient (Wildman–Crippen LogP) is 2.77. The topological polar surface area (TPSA) is 59.6 Å². The van der Waals surface area contributed by atoms with Gasteiger partial charge in [-0.2, -0.15) is 0 Å². The molecule has 24 heavy (non-hydrogen) atoms. The summed E-state index contributed by atoms with van der Waals surface area (Å²) in [5.74, 6) is -0.427. The molecule has 6 heteroatoms. The van der Waals surface area contributed by atoms with Gasteiger partial charge in [0.2, 0.25) is 0 Å². The molecule has 0 radical (unpaired) electrons. The molecule has 2 amide bonds. The van der Waals surface area contributed by atoms with Crippen LogP contribution in [0.3, 0.4) is 0 Å². The fourth-order valence-corrected chi connectivity index (χ4v) is 3.34. The number of benzene rings is 1. The lowest BCUT2D eigenvalue weighted by molar-refractivity contribution is -0.153. The third kappa shape index (κ3) is 4.24. The summed E-state index contributed by atoms with van der Waals surface area (Å²) in [4.78, 5) is 12.0. The molecule has 0 unspecified atom stereocenters. The largest absolute Gasteiger partial charge is 0.348 e. The Hall–Kier alpha value is -1.66. The second-order valence-electron chi connectivity index (χ2n) is 6.96. The fourth-order valence-electron chi connectivity index (χ4n) is 3.34. The Balaban J connectivity index is 1.38. The van der Waals surface area contributed by atoms with Gasteiger partial charge < -0.3 is 20.1 Å². The van der Waals surface area contributed by atoms with Crippen LogP contribution in [0.15, 0.2) is 24.3 Å². The molecular formula is C18H25FN2O3. The van der Waals surface area contributed by atoms with Crippen molar-refractivity contribution in [2.75, 3.05) is 19.8 Å². The summed E-state index contributed by atoms with van der Waals surface area (Å²) < 4.78 is 24.9. The number of nitrogens with one attached hydrogen (secondary N) is 2. The Morgan fingerprint density at radius 1 is 1.38 bits per heavy atom. The van der Waals surface area contributed by atoms with E-state index in [1.807, 2.05) is 13.0 Å². The molecule has 1 aromatic rings. The van der Waals surface area contributed by atoms with Gasteiger partial charge in [-0.3, -0.25) is 0 Å². The molecule has 0 spiro atoms. The summed E-state index contributed by atoms with van der Waals surface area (Å²) in [5, 5.41) is 5.79. The third-order valence-corrected chi connectivity index (χ3v) is 4.64. The van der Waals surface area contributed by atoms with E-state index in [1.54, 1.807) is 12.1 Å². The highest BCUT2D eigenvalue weighted by atomic mass is 19.1. The van der Waals surface area contributed by atoms with Gasteiger partial charge in [0.15, 0.2) is 5.79 Å². The van der Waals surface area contributed by atoms with Crippen LogP contribution in [0.4, 0.5) is 9.18 Å². The quantitative estimate of drug-likeness (QED) is 0.840. The molecule has 1 aromatic carbocycles.